The van der Waals surface area contributed by atoms with Gasteiger partial charge in [-0.3, -0.25) is 28.7 Å². The number of imidazole rings is 1. The monoisotopic (exact) mass is 555 g/mol. The minimum Gasteiger partial charge on any atom is -0.394 e. The Balaban J connectivity index is 1.19. The molecule has 0 amide bonds. The molecule has 17 nitrogen and oxygen atoms in total. The predicted octanol–water partition coefficient (Wildman–Crippen LogP) is -1.89. The number of hydrogen-bond donors (Lipinski definition) is 6. The van der Waals surface area contributed by atoms with Gasteiger partial charge < -0.3 is 39.4 Å². The molecule has 3 aromatic rings. The van der Waals surface area contributed by atoms with Crippen LogP contribution in [0.15, 0.2) is 26.9 Å². The largest absolute Gasteiger partial charge is 0.394 e. The summed E-state index contributed by atoms with van der Waals surface area (Å²) in [6.07, 6.45) is -2.14. The highest BCUT2D eigenvalue weighted by Crippen LogP contribution is 2.42. The first-order valence-corrected chi connectivity index (χ1v) is 12.7. The third-order valence-electron chi connectivity index (χ3n) is 6.36. The highest BCUT2D eigenvalue weighted by Gasteiger charge is 2.40. The van der Waals surface area contributed by atoms with Gasteiger partial charge in [0.15, 0.2) is 11.2 Å². The average Bonchev–Trinajstić information content (AvgIpc) is 3.56. The van der Waals surface area contributed by atoms with E-state index in [4.69, 9.17) is 24.3 Å². The number of nitrogens with zero attached hydrogens (tertiary/aromatic N) is 4. The van der Waals surface area contributed by atoms with Crippen LogP contribution in [-0.4, -0.2) is 81.8 Å². The van der Waals surface area contributed by atoms with Crippen molar-refractivity contribution in [2.75, 3.05) is 18.9 Å². The maximum atomic E-state index is 12.1. The van der Waals surface area contributed by atoms with E-state index in [9.17, 15) is 29.5 Å². The molecule has 38 heavy (non-hydrogen) atoms. The Labute approximate surface area is 213 Å². The topological polar surface area (TPSA) is 242 Å². The van der Waals surface area contributed by atoms with Gasteiger partial charge in [0, 0.05) is 24.6 Å². The van der Waals surface area contributed by atoms with Crippen LogP contribution in [0.3, 0.4) is 0 Å². The minimum atomic E-state index is -2.48. The molecule has 0 radical (unpaired) electrons. The number of aliphatic hydroxyl groups is 2. The number of aromatic amines is 2. The lowest BCUT2D eigenvalue weighted by Gasteiger charge is -2.21. The van der Waals surface area contributed by atoms with Crippen molar-refractivity contribution < 1.29 is 33.6 Å². The van der Waals surface area contributed by atoms with E-state index < -0.39 is 68.9 Å². The molecule has 0 saturated carbocycles. The molecule has 1 unspecified atom stereocenters. The summed E-state index contributed by atoms with van der Waals surface area (Å²) in [5.74, 6) is -0.0971. The SMILES string of the molecule is Cc1cn([C@H]2C[C@H](O)[C@@H](COP(O)O[C@H]3C[C@H](n4cnc5c(=O)[nH]c(N)nc54)O[C@@H]3CO)O2)c(=O)[nH]c1=O. The molecule has 0 aliphatic carbocycles. The van der Waals surface area contributed by atoms with Crippen molar-refractivity contribution in [3.8, 4) is 0 Å². The zero-order valence-electron chi connectivity index (χ0n) is 20.0. The number of H-pyrrole nitrogens is 2. The van der Waals surface area contributed by atoms with Gasteiger partial charge in [-0.05, 0) is 6.92 Å². The van der Waals surface area contributed by atoms with E-state index in [1.54, 1.807) is 0 Å². The number of hydrogen-bond acceptors (Lipinski definition) is 13. The molecule has 0 spiro atoms. The minimum absolute atomic E-state index is 0.0631. The van der Waals surface area contributed by atoms with Gasteiger partial charge in [0.1, 0.15) is 24.7 Å². The van der Waals surface area contributed by atoms with Crippen molar-refractivity contribution in [2.45, 2.75) is 56.6 Å². The van der Waals surface area contributed by atoms with Crippen LogP contribution in [-0.2, 0) is 18.5 Å². The summed E-state index contributed by atoms with van der Waals surface area (Å²) in [6.45, 7) is 0.859. The second-order valence-corrected chi connectivity index (χ2v) is 9.86. The van der Waals surface area contributed by atoms with Crippen LogP contribution < -0.4 is 22.5 Å². The van der Waals surface area contributed by atoms with Crippen molar-refractivity contribution in [2.24, 2.45) is 0 Å². The molecule has 0 bridgehead atoms. The number of fused-ring (bicyclic) bond motifs is 1. The molecular formula is C20H26N7O10P. The Hall–Kier alpha value is -3.02. The molecule has 5 heterocycles. The lowest BCUT2D eigenvalue weighted by molar-refractivity contribution is -0.0517. The van der Waals surface area contributed by atoms with E-state index in [2.05, 4.69) is 19.9 Å². The number of aromatic nitrogens is 6. The molecule has 2 saturated heterocycles. The van der Waals surface area contributed by atoms with E-state index in [0.717, 1.165) is 0 Å². The normalized spacial score (nSPS) is 28.3. The van der Waals surface area contributed by atoms with Gasteiger partial charge in [-0.2, -0.15) is 4.98 Å². The first-order chi connectivity index (χ1) is 18.1. The highest BCUT2D eigenvalue weighted by molar-refractivity contribution is 7.40. The van der Waals surface area contributed by atoms with Crippen LogP contribution >= 0.6 is 8.60 Å². The van der Waals surface area contributed by atoms with Gasteiger partial charge in [0.2, 0.25) is 5.95 Å². The number of aryl methyl sites for hydroxylation is 1. The second kappa shape index (κ2) is 10.6. The average molecular weight is 555 g/mol. The lowest BCUT2D eigenvalue weighted by atomic mass is 10.2. The molecule has 2 fully saturated rings. The van der Waals surface area contributed by atoms with Crippen molar-refractivity contribution in [3.05, 3.63) is 49.3 Å². The molecule has 0 aromatic carbocycles. The number of nitrogen functional groups attached to an aromatic ring is 1. The molecule has 2 aliphatic rings. The standard InChI is InChI=1S/C20H26N7O10P/c1-8-4-26(20(32)25-17(8)30)13-2-9(29)12(36-13)6-34-38(33)37-10-3-14(35-11(10)5-28)27-7-22-15-16(27)23-19(21)24-18(15)31/h4,7,9-14,28-29,33H,2-3,5-6H2,1H3,(H,25,30,32)(H3,21,23,24,31)/t9-,10-,11+,12+,13+,14+,38?/m0/s1. The number of anilines is 1. The molecule has 206 valence electrons. The first kappa shape index (κ1) is 26.6. The van der Waals surface area contributed by atoms with Gasteiger partial charge in [0.25, 0.3) is 11.1 Å². The summed E-state index contributed by atoms with van der Waals surface area (Å²) in [4.78, 5) is 58.8. The first-order valence-electron chi connectivity index (χ1n) is 11.6. The van der Waals surface area contributed by atoms with Crippen LogP contribution in [0.2, 0.25) is 0 Å². The quantitative estimate of drug-likeness (QED) is 0.167. The highest BCUT2D eigenvalue weighted by atomic mass is 31.2. The number of ether oxygens (including phenoxy) is 2. The fourth-order valence-corrected chi connectivity index (χ4v) is 5.21. The third kappa shape index (κ3) is 5.14. The van der Waals surface area contributed by atoms with E-state index in [0.29, 0.717) is 5.56 Å². The van der Waals surface area contributed by atoms with E-state index >= 15 is 0 Å². The Bertz CT molecular complexity index is 1490. The van der Waals surface area contributed by atoms with Gasteiger partial charge in [-0.15, -0.1) is 0 Å². The van der Waals surface area contributed by atoms with Crippen molar-refractivity contribution in [1.29, 1.82) is 0 Å². The summed E-state index contributed by atoms with van der Waals surface area (Å²) >= 11 is 0. The molecule has 7 N–H and O–H groups in total. The number of aliphatic hydroxyl groups excluding tert-OH is 2. The van der Waals surface area contributed by atoms with Crippen molar-refractivity contribution in [1.82, 2.24) is 29.1 Å². The fraction of sp³-hybridized carbons (Fsp3) is 0.550. The molecule has 5 rings (SSSR count). The van der Waals surface area contributed by atoms with Gasteiger partial charge in [0.05, 0.1) is 31.7 Å². The van der Waals surface area contributed by atoms with Crippen LogP contribution in [0, 0.1) is 6.92 Å². The number of nitrogens with one attached hydrogen (secondary N) is 2. The summed E-state index contributed by atoms with van der Waals surface area (Å²) in [5, 5.41) is 20.1. The van der Waals surface area contributed by atoms with Crippen LogP contribution in [0.25, 0.3) is 11.2 Å². The number of rotatable bonds is 8. The summed E-state index contributed by atoms with van der Waals surface area (Å²) in [5.41, 5.74) is 4.49. The van der Waals surface area contributed by atoms with Crippen molar-refractivity contribution >= 4 is 25.7 Å². The van der Waals surface area contributed by atoms with Crippen LogP contribution in [0.5, 0.6) is 0 Å². The van der Waals surface area contributed by atoms with E-state index in [-0.39, 0.29) is 36.6 Å². The Kier molecular flexibility index (Phi) is 7.43. The Morgan fingerprint density at radius 1 is 1.16 bits per heavy atom. The predicted molar refractivity (Wildman–Crippen MR) is 129 cm³/mol. The summed E-state index contributed by atoms with van der Waals surface area (Å²) in [7, 11) is -2.48. The van der Waals surface area contributed by atoms with E-state index in [1.165, 1.54) is 28.6 Å². The smallest absolute Gasteiger partial charge is 0.330 e. The molecular weight excluding hydrogens is 529 g/mol. The summed E-state index contributed by atoms with van der Waals surface area (Å²) in [6, 6.07) is 0. The second-order valence-electron chi connectivity index (χ2n) is 8.91. The van der Waals surface area contributed by atoms with Gasteiger partial charge >= 0.3 is 14.3 Å². The van der Waals surface area contributed by atoms with Gasteiger partial charge in [-0.1, -0.05) is 0 Å². The van der Waals surface area contributed by atoms with Gasteiger partial charge in [-0.25, -0.2) is 9.78 Å². The Morgan fingerprint density at radius 2 is 1.89 bits per heavy atom. The van der Waals surface area contributed by atoms with E-state index in [1.807, 2.05) is 0 Å². The zero-order valence-corrected chi connectivity index (χ0v) is 20.9. The molecule has 2 aliphatic heterocycles. The number of nitrogens with two attached hydrogens (primary N) is 1. The zero-order chi connectivity index (χ0) is 27.1. The maximum absolute atomic E-state index is 12.1. The third-order valence-corrected chi connectivity index (χ3v) is 7.18. The fourth-order valence-electron chi connectivity index (χ4n) is 4.42. The van der Waals surface area contributed by atoms with Crippen molar-refractivity contribution in [3.63, 3.8) is 0 Å². The maximum Gasteiger partial charge on any atom is 0.330 e. The van der Waals surface area contributed by atoms with Crippen LogP contribution in [0.1, 0.15) is 30.9 Å². The summed E-state index contributed by atoms with van der Waals surface area (Å²) < 4.78 is 25.2. The Morgan fingerprint density at radius 3 is 2.66 bits per heavy atom. The molecule has 7 atom stereocenters. The molecule has 3 aromatic heterocycles. The lowest BCUT2D eigenvalue weighted by Crippen LogP contribution is -2.33. The van der Waals surface area contributed by atoms with Crippen LogP contribution in [0.4, 0.5) is 5.95 Å². The molecule has 18 heteroatoms.